The largest absolute Gasteiger partial charge is 0.506 e. The van der Waals surface area contributed by atoms with Crippen LogP contribution in [-0.2, 0) is 13.0 Å². The number of nitrogens with zero attached hydrogens (tertiary/aromatic N) is 2. The molecule has 0 amide bonds. The van der Waals surface area contributed by atoms with Crippen LogP contribution in [0, 0.1) is 5.82 Å². The summed E-state index contributed by atoms with van der Waals surface area (Å²) in [6, 6.07) is 1.94. The molecule has 0 radical (unpaired) electrons. The van der Waals surface area contributed by atoms with Gasteiger partial charge in [0.15, 0.2) is 0 Å². The molecule has 2 heterocycles. The molecule has 20 heavy (non-hydrogen) atoms. The second kappa shape index (κ2) is 4.56. The minimum Gasteiger partial charge on any atom is -0.506 e. The molecule has 1 aromatic heterocycles. The molecular formula is C13H12ClFN2O3. The van der Waals surface area contributed by atoms with Gasteiger partial charge in [-0.05, 0) is 25.3 Å². The van der Waals surface area contributed by atoms with Crippen LogP contribution in [0.2, 0.25) is 5.02 Å². The van der Waals surface area contributed by atoms with E-state index in [9.17, 15) is 19.4 Å². The first-order valence-corrected chi connectivity index (χ1v) is 6.60. The average molecular weight is 299 g/mol. The molecule has 2 N–H and O–H groups in total. The smallest absolute Gasteiger partial charge is 0.336 e. The molecule has 1 aliphatic heterocycles. The van der Waals surface area contributed by atoms with E-state index in [2.05, 4.69) is 0 Å². The van der Waals surface area contributed by atoms with Gasteiger partial charge in [0.1, 0.15) is 11.6 Å². The van der Waals surface area contributed by atoms with Gasteiger partial charge >= 0.3 is 5.69 Å². The van der Waals surface area contributed by atoms with Crippen molar-refractivity contribution in [3.63, 3.8) is 0 Å². The monoisotopic (exact) mass is 298 g/mol. The number of halogens is 2. The average Bonchev–Trinajstić information content (AvgIpc) is 2.68. The Morgan fingerprint density at radius 2 is 2.00 bits per heavy atom. The summed E-state index contributed by atoms with van der Waals surface area (Å²) in [4.78, 5) is 12.3. The van der Waals surface area contributed by atoms with E-state index in [4.69, 9.17) is 11.6 Å². The van der Waals surface area contributed by atoms with Crippen molar-refractivity contribution in [3.8, 4) is 17.3 Å². The number of phenolic OH excluding ortho intramolecular Hbond substituents is 1. The van der Waals surface area contributed by atoms with E-state index >= 15 is 0 Å². The molecule has 0 fully saturated rings. The van der Waals surface area contributed by atoms with Gasteiger partial charge in [-0.3, -0.25) is 4.57 Å². The van der Waals surface area contributed by atoms with E-state index in [1.807, 2.05) is 0 Å². The summed E-state index contributed by atoms with van der Waals surface area (Å²) in [5, 5.41) is 19.6. The van der Waals surface area contributed by atoms with Crippen molar-refractivity contribution in [3.05, 3.63) is 39.2 Å². The Balaban J connectivity index is 2.28. The first-order chi connectivity index (χ1) is 9.50. The van der Waals surface area contributed by atoms with E-state index in [-0.39, 0.29) is 22.3 Å². The minimum atomic E-state index is -0.784. The van der Waals surface area contributed by atoms with Crippen LogP contribution in [0.25, 0.3) is 5.69 Å². The lowest BCUT2D eigenvalue weighted by Gasteiger charge is -2.11. The Kier molecular flexibility index (Phi) is 2.97. The molecule has 2 aromatic rings. The zero-order valence-electron chi connectivity index (χ0n) is 10.4. The van der Waals surface area contributed by atoms with Crippen LogP contribution in [0.3, 0.4) is 0 Å². The van der Waals surface area contributed by atoms with Gasteiger partial charge in [0, 0.05) is 12.6 Å². The molecule has 0 unspecified atom stereocenters. The molecule has 3 rings (SSSR count). The number of phenols is 1. The molecule has 5 nitrogen and oxygen atoms in total. The van der Waals surface area contributed by atoms with Gasteiger partial charge in [-0.25, -0.2) is 13.8 Å². The van der Waals surface area contributed by atoms with Crippen molar-refractivity contribution in [2.75, 3.05) is 0 Å². The number of hydrogen-bond acceptors (Lipinski definition) is 3. The van der Waals surface area contributed by atoms with Gasteiger partial charge in [-0.15, -0.1) is 0 Å². The fourth-order valence-electron chi connectivity index (χ4n) is 2.53. The number of aromatic nitrogens is 2. The SMILES string of the molecule is O=c1n2c(c(O)n1-c1cc(O)c(Cl)cc1F)CCCC2. The van der Waals surface area contributed by atoms with Gasteiger partial charge in [-0.2, -0.15) is 0 Å². The molecule has 7 heteroatoms. The maximum atomic E-state index is 14.0. The minimum absolute atomic E-state index is 0.150. The van der Waals surface area contributed by atoms with E-state index in [1.54, 1.807) is 0 Å². The molecule has 1 aromatic carbocycles. The highest BCUT2D eigenvalue weighted by molar-refractivity contribution is 6.32. The highest BCUT2D eigenvalue weighted by Gasteiger charge is 2.24. The molecule has 0 spiro atoms. The first-order valence-electron chi connectivity index (χ1n) is 6.22. The predicted molar refractivity (Wildman–Crippen MR) is 71.3 cm³/mol. The fourth-order valence-corrected chi connectivity index (χ4v) is 2.68. The van der Waals surface area contributed by atoms with Crippen LogP contribution in [0.5, 0.6) is 11.6 Å². The Morgan fingerprint density at radius 3 is 2.70 bits per heavy atom. The van der Waals surface area contributed by atoms with E-state index in [1.165, 1.54) is 4.57 Å². The lowest BCUT2D eigenvalue weighted by molar-refractivity contribution is 0.423. The first kappa shape index (κ1) is 13.1. The number of benzene rings is 1. The Hall–Kier alpha value is -1.95. The molecule has 0 saturated carbocycles. The second-order valence-electron chi connectivity index (χ2n) is 4.75. The number of hydrogen-bond donors (Lipinski definition) is 2. The van der Waals surface area contributed by atoms with Crippen molar-refractivity contribution in [2.24, 2.45) is 0 Å². The van der Waals surface area contributed by atoms with Gasteiger partial charge in [-0.1, -0.05) is 11.6 Å². The van der Waals surface area contributed by atoms with Gasteiger partial charge in [0.25, 0.3) is 0 Å². The van der Waals surface area contributed by atoms with Crippen LogP contribution in [0.4, 0.5) is 4.39 Å². The summed E-state index contributed by atoms with van der Waals surface area (Å²) in [7, 11) is 0. The Labute approximate surface area is 118 Å². The van der Waals surface area contributed by atoms with Crippen LogP contribution in [0.1, 0.15) is 18.5 Å². The summed E-state index contributed by atoms with van der Waals surface area (Å²) < 4.78 is 16.3. The standard InChI is InChI=1S/C13H12ClFN2O3/c14-7-5-8(15)10(6-11(7)18)17-12(19)9-3-1-2-4-16(9)13(17)20/h5-6,18-19H,1-4H2. The maximum absolute atomic E-state index is 14.0. The zero-order chi connectivity index (χ0) is 14.4. The maximum Gasteiger partial charge on any atom is 0.336 e. The quantitative estimate of drug-likeness (QED) is 0.848. The molecule has 0 atom stereocenters. The van der Waals surface area contributed by atoms with Gasteiger partial charge in [0.2, 0.25) is 5.88 Å². The fraction of sp³-hybridized carbons (Fsp3) is 0.308. The summed E-state index contributed by atoms with van der Waals surface area (Å²) in [6.45, 7) is 0.496. The zero-order valence-corrected chi connectivity index (χ0v) is 11.2. The van der Waals surface area contributed by atoms with Crippen LogP contribution < -0.4 is 5.69 Å². The summed E-state index contributed by atoms with van der Waals surface area (Å²) >= 11 is 5.61. The van der Waals surface area contributed by atoms with Crippen molar-refractivity contribution in [2.45, 2.75) is 25.8 Å². The van der Waals surface area contributed by atoms with E-state index in [0.29, 0.717) is 18.7 Å². The van der Waals surface area contributed by atoms with Crippen molar-refractivity contribution in [1.82, 2.24) is 9.13 Å². The molecule has 0 bridgehead atoms. The van der Waals surface area contributed by atoms with Crippen molar-refractivity contribution in [1.29, 1.82) is 0 Å². The topological polar surface area (TPSA) is 67.4 Å². The van der Waals surface area contributed by atoms with Crippen molar-refractivity contribution >= 4 is 11.6 Å². The number of fused-ring (bicyclic) bond motifs is 1. The van der Waals surface area contributed by atoms with E-state index in [0.717, 1.165) is 29.5 Å². The van der Waals surface area contributed by atoms with Gasteiger partial charge < -0.3 is 10.2 Å². The Morgan fingerprint density at radius 1 is 1.25 bits per heavy atom. The molecule has 106 valence electrons. The van der Waals surface area contributed by atoms with E-state index < -0.39 is 11.5 Å². The molecule has 1 aliphatic rings. The summed E-state index contributed by atoms with van der Waals surface area (Å²) in [6.07, 6.45) is 2.27. The highest BCUT2D eigenvalue weighted by Crippen LogP contribution is 2.31. The Bertz CT molecular complexity index is 751. The van der Waals surface area contributed by atoms with Gasteiger partial charge in [0.05, 0.1) is 16.4 Å². The third-order valence-electron chi connectivity index (χ3n) is 3.52. The lowest BCUT2D eigenvalue weighted by Crippen LogP contribution is -2.26. The predicted octanol–water partition coefficient (Wildman–Crippen LogP) is 2.18. The van der Waals surface area contributed by atoms with Crippen LogP contribution in [0.15, 0.2) is 16.9 Å². The molecule has 0 saturated heterocycles. The third-order valence-corrected chi connectivity index (χ3v) is 3.82. The highest BCUT2D eigenvalue weighted by atomic mass is 35.5. The molecule has 0 aliphatic carbocycles. The lowest BCUT2D eigenvalue weighted by atomic mass is 10.1. The van der Waals surface area contributed by atoms with Crippen LogP contribution in [-0.4, -0.2) is 19.3 Å². The summed E-state index contributed by atoms with van der Waals surface area (Å²) in [5.74, 6) is -1.41. The number of aromatic hydroxyl groups is 2. The molecular weight excluding hydrogens is 287 g/mol. The summed E-state index contributed by atoms with van der Waals surface area (Å²) in [5.41, 5.74) is -0.232. The second-order valence-corrected chi connectivity index (χ2v) is 5.16. The number of rotatable bonds is 1. The van der Waals surface area contributed by atoms with Crippen LogP contribution >= 0.6 is 11.6 Å². The number of imidazole rings is 1. The normalized spacial score (nSPS) is 14.3. The van der Waals surface area contributed by atoms with Crippen molar-refractivity contribution < 1.29 is 14.6 Å². The third kappa shape index (κ3) is 1.79.